The molecule has 1 aliphatic heterocycles. The lowest BCUT2D eigenvalue weighted by molar-refractivity contribution is 0.0988. The van der Waals surface area contributed by atoms with Crippen LogP contribution in [0, 0.1) is 0 Å². The maximum Gasteiger partial charge on any atom is 0.187 e. The van der Waals surface area contributed by atoms with Gasteiger partial charge in [0.05, 0.1) is 15.6 Å². The number of carbonyl (C=O) groups is 1. The summed E-state index contributed by atoms with van der Waals surface area (Å²) in [7, 11) is 0. The second kappa shape index (κ2) is 9.78. The normalized spacial score (nSPS) is 18.7. The van der Waals surface area contributed by atoms with Crippen molar-refractivity contribution in [3.63, 3.8) is 0 Å². The molecule has 0 unspecified atom stereocenters. The predicted molar refractivity (Wildman–Crippen MR) is 119 cm³/mol. The molecular weight excluding hydrogens is 425 g/mol. The van der Waals surface area contributed by atoms with E-state index in [1.807, 2.05) is 24.3 Å². The van der Waals surface area contributed by atoms with Crippen molar-refractivity contribution in [3.8, 4) is 0 Å². The minimum atomic E-state index is -0.357. The number of amidine groups is 1. The third-order valence-electron chi connectivity index (χ3n) is 4.18. The Balaban J connectivity index is 0.00000182. The standard InChI is InChI=1S/C18H17Cl2N3OS.CH4.ClH/c1-18(5-6-25-17(21)23-18)12-4-2-3-11(7-12)8-15(24)16-14(20)9-13(19)10-22-16;;/h2-4,7,9-10H,5-6,8H2,1H3,(H2,21,23);1H4;1H/t18-;;/m0../s1. The van der Waals surface area contributed by atoms with Crippen molar-refractivity contribution >= 4 is 58.3 Å². The van der Waals surface area contributed by atoms with Gasteiger partial charge in [-0.05, 0) is 30.5 Å². The number of aliphatic imine (C=N–C) groups is 1. The Kier molecular flexibility index (Phi) is 8.61. The van der Waals surface area contributed by atoms with E-state index in [1.165, 1.54) is 12.3 Å². The minimum absolute atomic E-state index is 0. The van der Waals surface area contributed by atoms with Crippen molar-refractivity contribution in [2.45, 2.75) is 32.7 Å². The number of ketones is 1. The maximum absolute atomic E-state index is 12.5. The fourth-order valence-corrected chi connectivity index (χ4v) is 4.26. The van der Waals surface area contributed by atoms with E-state index in [2.05, 4.69) is 16.9 Å². The maximum atomic E-state index is 12.5. The van der Waals surface area contributed by atoms with Gasteiger partial charge in [-0.3, -0.25) is 9.79 Å². The average molecular weight is 447 g/mol. The molecule has 146 valence electrons. The van der Waals surface area contributed by atoms with Crippen LogP contribution in [-0.4, -0.2) is 21.7 Å². The summed E-state index contributed by atoms with van der Waals surface area (Å²) in [6, 6.07) is 9.41. The smallest absolute Gasteiger partial charge is 0.187 e. The number of Topliss-reactive ketones (excluding diaryl/α,β-unsaturated/α-hetero) is 1. The summed E-state index contributed by atoms with van der Waals surface area (Å²) in [5.41, 5.74) is 7.72. The molecule has 3 rings (SSSR count). The Morgan fingerprint density at radius 3 is 2.74 bits per heavy atom. The van der Waals surface area contributed by atoms with Crippen LogP contribution in [0.15, 0.2) is 41.5 Å². The van der Waals surface area contributed by atoms with Crippen LogP contribution in [0.4, 0.5) is 0 Å². The highest BCUT2D eigenvalue weighted by Gasteiger charge is 2.29. The lowest BCUT2D eigenvalue weighted by Gasteiger charge is -2.30. The number of thioether (sulfide) groups is 1. The molecule has 27 heavy (non-hydrogen) atoms. The molecule has 0 saturated heterocycles. The molecule has 0 bridgehead atoms. The average Bonchev–Trinajstić information content (AvgIpc) is 2.54. The number of aromatic nitrogens is 1. The van der Waals surface area contributed by atoms with E-state index in [-0.39, 0.29) is 48.3 Å². The van der Waals surface area contributed by atoms with Gasteiger partial charge in [0, 0.05) is 18.4 Å². The fourth-order valence-electron chi connectivity index (χ4n) is 2.80. The third kappa shape index (κ3) is 5.61. The second-order valence-electron chi connectivity index (χ2n) is 6.11. The first-order valence-electron chi connectivity index (χ1n) is 7.79. The van der Waals surface area contributed by atoms with E-state index in [9.17, 15) is 4.79 Å². The van der Waals surface area contributed by atoms with Crippen LogP contribution in [0.2, 0.25) is 10.0 Å². The highest BCUT2D eigenvalue weighted by atomic mass is 35.5. The molecule has 8 heteroatoms. The van der Waals surface area contributed by atoms with Crippen molar-refractivity contribution in [2.75, 3.05) is 5.75 Å². The van der Waals surface area contributed by atoms with Gasteiger partial charge in [0.1, 0.15) is 5.69 Å². The first kappa shape index (κ1) is 23.8. The van der Waals surface area contributed by atoms with Gasteiger partial charge in [0.2, 0.25) is 0 Å². The Labute approximate surface area is 180 Å². The minimum Gasteiger partial charge on any atom is -0.379 e. The van der Waals surface area contributed by atoms with Crippen LogP contribution < -0.4 is 5.73 Å². The van der Waals surface area contributed by atoms with Gasteiger partial charge in [-0.15, -0.1) is 12.4 Å². The molecule has 1 aromatic carbocycles. The summed E-state index contributed by atoms with van der Waals surface area (Å²) >= 11 is 13.5. The molecule has 0 amide bonds. The van der Waals surface area contributed by atoms with E-state index in [0.717, 1.165) is 23.3 Å². The number of carbonyl (C=O) groups excluding carboxylic acids is 1. The zero-order valence-electron chi connectivity index (χ0n) is 14.0. The molecule has 2 aromatic rings. The Bertz CT molecular complexity index is 860. The highest BCUT2D eigenvalue weighted by Crippen LogP contribution is 2.35. The first-order valence-corrected chi connectivity index (χ1v) is 9.53. The van der Waals surface area contributed by atoms with Gasteiger partial charge in [-0.1, -0.05) is 66.7 Å². The SMILES string of the molecule is C.C[C@@]1(c2cccc(CC(=O)c3ncc(Cl)cc3Cl)c2)CCSC(N)=N1.Cl. The van der Waals surface area contributed by atoms with Crippen molar-refractivity contribution in [1.82, 2.24) is 4.98 Å². The summed E-state index contributed by atoms with van der Waals surface area (Å²) in [6.45, 7) is 2.07. The zero-order valence-corrected chi connectivity index (χ0v) is 17.2. The zero-order chi connectivity index (χ0) is 18.0. The topological polar surface area (TPSA) is 68.3 Å². The van der Waals surface area contributed by atoms with Crippen molar-refractivity contribution in [1.29, 1.82) is 0 Å². The number of pyridine rings is 1. The monoisotopic (exact) mass is 445 g/mol. The number of hydrogen-bond acceptors (Lipinski definition) is 5. The summed E-state index contributed by atoms with van der Waals surface area (Å²) < 4.78 is 0. The van der Waals surface area contributed by atoms with Crippen molar-refractivity contribution < 1.29 is 4.79 Å². The second-order valence-corrected chi connectivity index (χ2v) is 8.07. The molecule has 2 N–H and O–H groups in total. The molecule has 1 aliphatic rings. The van der Waals surface area contributed by atoms with Gasteiger partial charge in [0.25, 0.3) is 0 Å². The van der Waals surface area contributed by atoms with Gasteiger partial charge in [0.15, 0.2) is 11.0 Å². The van der Waals surface area contributed by atoms with Crippen LogP contribution in [-0.2, 0) is 12.0 Å². The van der Waals surface area contributed by atoms with E-state index in [4.69, 9.17) is 28.9 Å². The van der Waals surface area contributed by atoms with Crippen molar-refractivity contribution in [2.24, 2.45) is 10.7 Å². The number of nitrogens with two attached hydrogens (primary N) is 1. The quantitative estimate of drug-likeness (QED) is 0.626. The number of benzene rings is 1. The molecule has 0 radical (unpaired) electrons. The lowest BCUT2D eigenvalue weighted by Crippen LogP contribution is -2.28. The predicted octanol–water partition coefficient (Wildman–Crippen LogP) is 5.54. The summed E-state index contributed by atoms with van der Waals surface area (Å²) in [4.78, 5) is 21.2. The van der Waals surface area contributed by atoms with Gasteiger partial charge in [-0.25, -0.2) is 4.98 Å². The third-order valence-corrected chi connectivity index (χ3v) is 5.47. The molecule has 1 atom stereocenters. The highest BCUT2D eigenvalue weighted by molar-refractivity contribution is 8.13. The van der Waals surface area contributed by atoms with E-state index >= 15 is 0 Å². The van der Waals surface area contributed by atoms with Gasteiger partial charge in [-0.2, -0.15) is 0 Å². The Morgan fingerprint density at radius 2 is 2.07 bits per heavy atom. The molecular formula is C19H22Cl3N3OS. The molecule has 0 saturated carbocycles. The molecule has 1 aromatic heterocycles. The van der Waals surface area contributed by atoms with E-state index < -0.39 is 0 Å². The van der Waals surface area contributed by atoms with Crippen LogP contribution in [0.1, 0.15) is 42.4 Å². The van der Waals surface area contributed by atoms with E-state index in [0.29, 0.717) is 10.2 Å². The molecule has 0 aliphatic carbocycles. The Hall–Kier alpha value is -1.27. The molecule has 4 nitrogen and oxygen atoms in total. The van der Waals surface area contributed by atoms with Crippen LogP contribution in [0.5, 0.6) is 0 Å². The van der Waals surface area contributed by atoms with Crippen LogP contribution in [0.25, 0.3) is 0 Å². The van der Waals surface area contributed by atoms with Gasteiger partial charge >= 0.3 is 0 Å². The molecule has 0 fully saturated rings. The largest absolute Gasteiger partial charge is 0.379 e. The summed E-state index contributed by atoms with van der Waals surface area (Å²) in [5.74, 6) is 0.783. The number of hydrogen-bond donors (Lipinski definition) is 1. The molecule has 2 heterocycles. The number of nitrogens with zero attached hydrogens (tertiary/aromatic N) is 2. The number of halogens is 3. The van der Waals surface area contributed by atoms with Gasteiger partial charge < -0.3 is 5.73 Å². The lowest BCUT2D eigenvalue weighted by atomic mass is 9.88. The number of rotatable bonds is 4. The summed E-state index contributed by atoms with van der Waals surface area (Å²) in [6.07, 6.45) is 2.54. The molecule has 0 spiro atoms. The first-order chi connectivity index (χ1) is 11.9. The fraction of sp³-hybridized carbons (Fsp3) is 0.316. The Morgan fingerprint density at radius 1 is 1.33 bits per heavy atom. The van der Waals surface area contributed by atoms with Crippen LogP contribution in [0.3, 0.4) is 0 Å². The summed E-state index contributed by atoms with van der Waals surface area (Å²) in [5, 5.41) is 1.27. The van der Waals surface area contributed by atoms with Crippen LogP contribution >= 0.6 is 47.4 Å². The van der Waals surface area contributed by atoms with E-state index in [1.54, 1.807) is 11.8 Å². The van der Waals surface area contributed by atoms with Crippen molar-refractivity contribution in [3.05, 3.63) is 63.4 Å².